The Balaban J connectivity index is 1.77. The van der Waals surface area contributed by atoms with Crippen molar-refractivity contribution in [2.75, 3.05) is 11.9 Å². The molecule has 0 aliphatic carbocycles. The van der Waals surface area contributed by atoms with E-state index in [1.54, 1.807) is 54.6 Å². The first kappa shape index (κ1) is 19.1. The summed E-state index contributed by atoms with van der Waals surface area (Å²) in [4.78, 5) is 46.6. The van der Waals surface area contributed by atoms with Crippen LogP contribution in [0.3, 0.4) is 0 Å². The van der Waals surface area contributed by atoms with Crippen molar-refractivity contribution < 1.29 is 23.9 Å². The van der Waals surface area contributed by atoms with Crippen LogP contribution >= 0.6 is 0 Å². The number of carbonyl (C=O) groups excluding carboxylic acids is 4. The second-order valence-corrected chi connectivity index (χ2v) is 5.63. The molecule has 0 bridgehead atoms. The topological polar surface area (TPSA) is 89.5 Å². The van der Waals surface area contributed by atoms with Crippen LogP contribution in [0.15, 0.2) is 54.6 Å². The summed E-state index contributed by atoms with van der Waals surface area (Å²) < 4.78 is 4.93. The van der Waals surface area contributed by atoms with Gasteiger partial charge in [0.25, 0.3) is 0 Å². The van der Waals surface area contributed by atoms with Gasteiger partial charge in [-0.2, -0.15) is 0 Å². The third kappa shape index (κ3) is 5.98. The van der Waals surface area contributed by atoms with Gasteiger partial charge in [0.15, 0.2) is 18.2 Å². The van der Waals surface area contributed by atoms with Gasteiger partial charge in [0.1, 0.15) is 0 Å². The Kier molecular flexibility index (Phi) is 6.79. The normalized spacial score (nSPS) is 10.0. The number of nitrogens with one attached hydrogen (secondary N) is 1. The van der Waals surface area contributed by atoms with Crippen LogP contribution in [0.4, 0.5) is 5.69 Å². The van der Waals surface area contributed by atoms with Crippen molar-refractivity contribution in [3.63, 3.8) is 0 Å². The summed E-state index contributed by atoms with van der Waals surface area (Å²) in [6.45, 7) is 0.999. The molecule has 6 nitrogen and oxygen atoms in total. The second kappa shape index (κ2) is 9.27. The molecule has 0 atom stereocenters. The van der Waals surface area contributed by atoms with Gasteiger partial charge in [-0.1, -0.05) is 30.3 Å². The Labute approximate surface area is 151 Å². The highest BCUT2D eigenvalue weighted by molar-refractivity contribution is 5.99. The molecule has 0 unspecified atom stereocenters. The summed E-state index contributed by atoms with van der Waals surface area (Å²) in [5.74, 6) is -1.31. The van der Waals surface area contributed by atoms with Gasteiger partial charge in [-0.25, -0.2) is 0 Å². The van der Waals surface area contributed by atoms with E-state index in [1.165, 1.54) is 6.92 Å². The lowest BCUT2D eigenvalue weighted by Crippen LogP contribution is -2.15. The minimum Gasteiger partial charge on any atom is -0.457 e. The third-order valence-electron chi connectivity index (χ3n) is 3.54. The molecule has 0 saturated heterocycles. The lowest BCUT2D eigenvalue weighted by molar-refractivity contribution is -0.142. The number of amides is 1. The standard InChI is InChI=1S/C20H19NO5/c1-14(22)21-17-9-7-16(8-10-17)19(24)13-26-20(25)12-11-18(23)15-5-3-2-4-6-15/h2-10H,11-13H2,1H3,(H,21,22). The summed E-state index contributed by atoms with van der Waals surface area (Å²) in [5, 5.41) is 2.59. The predicted octanol–water partition coefficient (Wildman–Crippen LogP) is 3.03. The molecule has 6 heteroatoms. The molecule has 2 aromatic rings. The smallest absolute Gasteiger partial charge is 0.306 e. The van der Waals surface area contributed by atoms with Crippen molar-refractivity contribution in [3.05, 3.63) is 65.7 Å². The Bertz CT molecular complexity index is 797. The molecule has 0 fully saturated rings. The zero-order valence-electron chi connectivity index (χ0n) is 14.4. The van der Waals surface area contributed by atoms with Gasteiger partial charge >= 0.3 is 5.97 Å². The van der Waals surface area contributed by atoms with Crippen LogP contribution in [0.1, 0.15) is 40.5 Å². The maximum atomic E-state index is 12.0. The van der Waals surface area contributed by atoms with E-state index in [2.05, 4.69) is 5.32 Å². The average Bonchev–Trinajstić information content (AvgIpc) is 2.65. The van der Waals surface area contributed by atoms with Crippen molar-refractivity contribution in [2.45, 2.75) is 19.8 Å². The fourth-order valence-corrected chi connectivity index (χ4v) is 2.23. The van der Waals surface area contributed by atoms with Crippen molar-refractivity contribution in [3.8, 4) is 0 Å². The van der Waals surface area contributed by atoms with Crippen molar-refractivity contribution in [1.29, 1.82) is 0 Å². The Morgan fingerprint density at radius 1 is 0.808 bits per heavy atom. The molecule has 2 aromatic carbocycles. The van der Waals surface area contributed by atoms with E-state index >= 15 is 0 Å². The first-order valence-corrected chi connectivity index (χ1v) is 8.10. The second-order valence-electron chi connectivity index (χ2n) is 5.63. The molecular weight excluding hydrogens is 334 g/mol. The van der Waals surface area contributed by atoms with E-state index < -0.39 is 12.6 Å². The number of anilines is 1. The minimum absolute atomic E-state index is 0.0302. The van der Waals surface area contributed by atoms with Crippen molar-refractivity contribution in [1.82, 2.24) is 0 Å². The molecule has 2 rings (SSSR count). The lowest BCUT2D eigenvalue weighted by atomic mass is 10.1. The van der Waals surface area contributed by atoms with Crippen LogP contribution in [0, 0.1) is 0 Å². The van der Waals surface area contributed by atoms with Gasteiger partial charge in [0.05, 0.1) is 6.42 Å². The number of carbonyl (C=O) groups is 4. The maximum absolute atomic E-state index is 12.0. The number of benzene rings is 2. The molecule has 0 saturated carbocycles. The maximum Gasteiger partial charge on any atom is 0.306 e. The number of ether oxygens (including phenoxy) is 1. The van der Waals surface area contributed by atoms with E-state index in [1.807, 2.05) is 0 Å². The number of hydrogen-bond donors (Lipinski definition) is 1. The van der Waals surface area contributed by atoms with Gasteiger partial charge in [0.2, 0.25) is 5.91 Å². The molecule has 0 aliphatic heterocycles. The van der Waals surface area contributed by atoms with Crippen LogP contribution in [-0.2, 0) is 14.3 Å². The lowest BCUT2D eigenvalue weighted by Gasteiger charge is -2.06. The largest absolute Gasteiger partial charge is 0.457 e. The zero-order chi connectivity index (χ0) is 18.9. The summed E-state index contributed by atoms with van der Waals surface area (Å²) in [7, 11) is 0. The van der Waals surface area contributed by atoms with Crippen LogP contribution < -0.4 is 5.32 Å². The van der Waals surface area contributed by atoms with Crippen LogP contribution in [-0.4, -0.2) is 30.0 Å². The Hall–Kier alpha value is -3.28. The molecule has 0 spiro atoms. The average molecular weight is 353 g/mol. The number of rotatable bonds is 8. The van der Waals surface area contributed by atoms with E-state index in [-0.39, 0.29) is 30.3 Å². The van der Waals surface area contributed by atoms with Gasteiger partial charge in [0, 0.05) is 30.2 Å². The zero-order valence-corrected chi connectivity index (χ0v) is 14.4. The number of hydrogen-bond acceptors (Lipinski definition) is 5. The minimum atomic E-state index is -0.600. The molecule has 0 aliphatic rings. The fraction of sp³-hybridized carbons (Fsp3) is 0.200. The summed E-state index contributed by atoms with van der Waals surface area (Å²) in [6, 6.07) is 14.9. The van der Waals surface area contributed by atoms with Crippen LogP contribution in [0.5, 0.6) is 0 Å². The van der Waals surface area contributed by atoms with Crippen molar-refractivity contribution in [2.24, 2.45) is 0 Å². The molecule has 0 radical (unpaired) electrons. The number of ketones is 2. The number of Topliss-reactive ketones (excluding diaryl/α,β-unsaturated/α-hetero) is 2. The SMILES string of the molecule is CC(=O)Nc1ccc(C(=O)COC(=O)CCC(=O)c2ccccc2)cc1. The highest BCUT2D eigenvalue weighted by Gasteiger charge is 2.13. The first-order chi connectivity index (χ1) is 12.5. The molecule has 1 amide bonds. The Morgan fingerprint density at radius 3 is 2.04 bits per heavy atom. The van der Waals surface area contributed by atoms with Gasteiger partial charge < -0.3 is 10.1 Å². The Morgan fingerprint density at radius 2 is 1.42 bits per heavy atom. The van der Waals surface area contributed by atoms with Gasteiger partial charge in [-0.15, -0.1) is 0 Å². The highest BCUT2D eigenvalue weighted by atomic mass is 16.5. The van der Waals surface area contributed by atoms with Gasteiger partial charge in [-0.05, 0) is 24.3 Å². The quantitative estimate of drug-likeness (QED) is 0.582. The van der Waals surface area contributed by atoms with Crippen molar-refractivity contribution >= 4 is 29.1 Å². The third-order valence-corrected chi connectivity index (χ3v) is 3.54. The predicted molar refractivity (Wildman–Crippen MR) is 96.0 cm³/mol. The summed E-state index contributed by atoms with van der Waals surface area (Å²) in [5.41, 5.74) is 1.48. The van der Waals surface area contributed by atoms with E-state index in [0.29, 0.717) is 16.8 Å². The monoisotopic (exact) mass is 353 g/mol. The molecular formula is C20H19NO5. The number of esters is 1. The van der Waals surface area contributed by atoms with Crippen LogP contribution in [0.2, 0.25) is 0 Å². The summed E-state index contributed by atoms with van der Waals surface area (Å²) >= 11 is 0. The highest BCUT2D eigenvalue weighted by Crippen LogP contribution is 2.11. The molecule has 134 valence electrons. The first-order valence-electron chi connectivity index (χ1n) is 8.10. The molecule has 1 N–H and O–H groups in total. The van der Waals surface area contributed by atoms with E-state index in [9.17, 15) is 19.2 Å². The van der Waals surface area contributed by atoms with E-state index in [4.69, 9.17) is 4.74 Å². The van der Waals surface area contributed by atoms with Crippen LogP contribution in [0.25, 0.3) is 0 Å². The fourth-order valence-electron chi connectivity index (χ4n) is 2.23. The molecule has 0 heterocycles. The molecule has 0 aromatic heterocycles. The van der Waals surface area contributed by atoms with E-state index in [0.717, 1.165) is 0 Å². The van der Waals surface area contributed by atoms with Gasteiger partial charge in [-0.3, -0.25) is 19.2 Å². The summed E-state index contributed by atoms with van der Waals surface area (Å²) in [6.07, 6.45) is -0.0507. The molecule has 26 heavy (non-hydrogen) atoms.